The van der Waals surface area contributed by atoms with Gasteiger partial charge in [0.2, 0.25) is 0 Å². The second kappa shape index (κ2) is 5.28. The molecular weight excluding hydrogens is 264 g/mol. The number of benzene rings is 3. The van der Waals surface area contributed by atoms with Crippen molar-refractivity contribution in [1.29, 1.82) is 5.26 Å². The molecule has 0 radical (unpaired) electrons. The van der Waals surface area contributed by atoms with Crippen LogP contribution >= 0.6 is 11.8 Å². The summed E-state index contributed by atoms with van der Waals surface area (Å²) < 4.78 is 0. The Bertz CT molecular complexity index is 819. The molecule has 3 aromatic carbocycles. The zero-order chi connectivity index (χ0) is 13.9. The maximum Gasteiger partial charge on any atom is 0.101 e. The van der Waals surface area contributed by atoms with Crippen LogP contribution in [0, 0.1) is 11.3 Å². The van der Waals surface area contributed by atoms with Crippen LogP contribution in [-0.4, -0.2) is 0 Å². The second-order valence-electron chi connectivity index (χ2n) is 4.47. The number of nitrogens with zero attached hydrogens (tertiary/aromatic N) is 1. The summed E-state index contributed by atoms with van der Waals surface area (Å²) in [7, 11) is 0. The maximum absolute atomic E-state index is 9.01. The van der Waals surface area contributed by atoms with Crippen LogP contribution in [0.15, 0.2) is 70.5 Å². The molecule has 0 amide bonds. The highest BCUT2D eigenvalue weighted by molar-refractivity contribution is 7.99. The molecule has 0 unspecified atom stereocenters. The normalized spacial score (nSPS) is 10.3. The van der Waals surface area contributed by atoms with E-state index in [0.717, 1.165) is 9.79 Å². The number of hydrogen-bond donors (Lipinski definition) is 1. The number of nitrogen functional groups attached to an aromatic ring is 1. The molecule has 3 aromatic rings. The quantitative estimate of drug-likeness (QED) is 0.704. The summed E-state index contributed by atoms with van der Waals surface area (Å²) in [5, 5.41) is 11.5. The minimum Gasteiger partial charge on any atom is -0.398 e. The Morgan fingerprint density at radius 2 is 1.55 bits per heavy atom. The van der Waals surface area contributed by atoms with E-state index >= 15 is 0 Å². The van der Waals surface area contributed by atoms with E-state index in [-0.39, 0.29) is 0 Å². The van der Waals surface area contributed by atoms with Crippen molar-refractivity contribution in [3.63, 3.8) is 0 Å². The van der Waals surface area contributed by atoms with Gasteiger partial charge < -0.3 is 5.73 Å². The number of anilines is 1. The minimum absolute atomic E-state index is 0.523. The first-order valence-corrected chi connectivity index (χ1v) is 7.04. The third kappa shape index (κ3) is 2.47. The van der Waals surface area contributed by atoms with Gasteiger partial charge in [-0.05, 0) is 41.1 Å². The highest BCUT2D eigenvalue weighted by atomic mass is 32.2. The fourth-order valence-corrected chi connectivity index (χ4v) is 2.97. The molecule has 0 aromatic heterocycles. The Labute approximate surface area is 121 Å². The molecule has 20 heavy (non-hydrogen) atoms. The van der Waals surface area contributed by atoms with Crippen molar-refractivity contribution in [1.82, 2.24) is 0 Å². The Kier molecular flexibility index (Phi) is 3.32. The van der Waals surface area contributed by atoms with Crippen LogP contribution in [-0.2, 0) is 0 Å². The maximum atomic E-state index is 9.01. The van der Waals surface area contributed by atoms with Crippen LogP contribution in [0.3, 0.4) is 0 Å². The van der Waals surface area contributed by atoms with Gasteiger partial charge >= 0.3 is 0 Å². The molecule has 96 valence electrons. The molecule has 0 aliphatic heterocycles. The summed E-state index contributed by atoms with van der Waals surface area (Å²) in [6.07, 6.45) is 0. The fourth-order valence-electron chi connectivity index (χ4n) is 2.06. The zero-order valence-electron chi connectivity index (χ0n) is 10.7. The van der Waals surface area contributed by atoms with E-state index in [4.69, 9.17) is 11.0 Å². The highest BCUT2D eigenvalue weighted by Gasteiger charge is 2.03. The topological polar surface area (TPSA) is 49.8 Å². The summed E-state index contributed by atoms with van der Waals surface area (Å²) in [6, 6.07) is 22.3. The van der Waals surface area contributed by atoms with Crippen molar-refractivity contribution in [3.05, 3.63) is 66.2 Å². The highest BCUT2D eigenvalue weighted by Crippen LogP contribution is 2.31. The van der Waals surface area contributed by atoms with Crippen LogP contribution < -0.4 is 5.73 Å². The molecule has 0 atom stereocenters. The number of hydrogen-bond acceptors (Lipinski definition) is 3. The molecule has 0 aliphatic rings. The van der Waals surface area contributed by atoms with Gasteiger partial charge in [0.1, 0.15) is 6.07 Å². The zero-order valence-corrected chi connectivity index (χ0v) is 11.5. The van der Waals surface area contributed by atoms with E-state index in [1.165, 1.54) is 10.8 Å². The van der Waals surface area contributed by atoms with Gasteiger partial charge in [-0.2, -0.15) is 5.26 Å². The van der Waals surface area contributed by atoms with Gasteiger partial charge in [0, 0.05) is 15.5 Å². The number of nitrogens with two attached hydrogens (primary N) is 1. The second-order valence-corrected chi connectivity index (χ2v) is 5.62. The summed E-state index contributed by atoms with van der Waals surface area (Å²) in [5.41, 5.74) is 6.78. The number of fused-ring (bicyclic) bond motifs is 1. The number of nitriles is 1. The van der Waals surface area contributed by atoms with Gasteiger partial charge in [0.05, 0.1) is 5.56 Å². The Morgan fingerprint density at radius 1 is 0.850 bits per heavy atom. The van der Waals surface area contributed by atoms with Crippen LogP contribution in [0.1, 0.15) is 5.56 Å². The Hall–Kier alpha value is -2.44. The monoisotopic (exact) mass is 276 g/mol. The van der Waals surface area contributed by atoms with E-state index in [0.29, 0.717) is 11.3 Å². The van der Waals surface area contributed by atoms with Gasteiger partial charge in [0.15, 0.2) is 0 Å². The molecule has 3 rings (SSSR count). The molecule has 3 heteroatoms. The predicted molar refractivity (Wildman–Crippen MR) is 83.6 cm³/mol. The first-order valence-electron chi connectivity index (χ1n) is 6.22. The average molecular weight is 276 g/mol. The molecule has 0 spiro atoms. The van der Waals surface area contributed by atoms with Crippen molar-refractivity contribution in [2.45, 2.75) is 9.79 Å². The van der Waals surface area contributed by atoms with Gasteiger partial charge in [-0.25, -0.2) is 0 Å². The summed E-state index contributed by atoms with van der Waals surface area (Å²) in [6.45, 7) is 0. The fraction of sp³-hybridized carbons (Fsp3) is 0. The molecule has 0 aliphatic carbocycles. The van der Waals surface area contributed by atoms with E-state index < -0.39 is 0 Å². The van der Waals surface area contributed by atoms with Crippen LogP contribution in [0.5, 0.6) is 0 Å². The third-order valence-electron chi connectivity index (χ3n) is 3.10. The van der Waals surface area contributed by atoms with Crippen LogP contribution in [0.25, 0.3) is 10.8 Å². The molecular formula is C17H12N2S. The molecule has 0 fully saturated rings. The molecule has 0 bridgehead atoms. The minimum atomic E-state index is 0.523. The lowest BCUT2D eigenvalue weighted by atomic mass is 10.1. The first-order chi connectivity index (χ1) is 9.76. The van der Waals surface area contributed by atoms with Crippen molar-refractivity contribution in [2.75, 3.05) is 5.73 Å². The Balaban J connectivity index is 1.95. The molecule has 2 N–H and O–H groups in total. The van der Waals surface area contributed by atoms with Gasteiger partial charge in [-0.1, -0.05) is 42.1 Å². The SMILES string of the molecule is N#Cc1cc(Sc2ccc3ccccc3c2)ccc1N. The lowest BCUT2D eigenvalue weighted by molar-refractivity contribution is 1.39. The average Bonchev–Trinajstić information content (AvgIpc) is 2.49. The van der Waals surface area contributed by atoms with Crippen LogP contribution in [0.2, 0.25) is 0 Å². The van der Waals surface area contributed by atoms with Crippen LogP contribution in [0.4, 0.5) is 5.69 Å². The predicted octanol–water partition coefficient (Wildman–Crippen LogP) is 4.44. The largest absolute Gasteiger partial charge is 0.398 e. The third-order valence-corrected chi connectivity index (χ3v) is 4.08. The Morgan fingerprint density at radius 3 is 2.35 bits per heavy atom. The smallest absolute Gasteiger partial charge is 0.101 e. The number of rotatable bonds is 2. The molecule has 0 saturated carbocycles. The van der Waals surface area contributed by atoms with Gasteiger partial charge in [-0.15, -0.1) is 0 Å². The van der Waals surface area contributed by atoms with Crippen molar-refractivity contribution in [2.24, 2.45) is 0 Å². The van der Waals surface area contributed by atoms with Crippen molar-refractivity contribution < 1.29 is 0 Å². The molecule has 0 saturated heterocycles. The lowest BCUT2D eigenvalue weighted by Crippen LogP contribution is -1.89. The van der Waals surface area contributed by atoms with E-state index in [9.17, 15) is 0 Å². The summed E-state index contributed by atoms with van der Waals surface area (Å²) in [4.78, 5) is 2.17. The summed E-state index contributed by atoms with van der Waals surface area (Å²) >= 11 is 1.63. The summed E-state index contributed by atoms with van der Waals surface area (Å²) in [5.74, 6) is 0. The van der Waals surface area contributed by atoms with E-state index in [1.54, 1.807) is 17.8 Å². The van der Waals surface area contributed by atoms with E-state index in [1.807, 2.05) is 24.3 Å². The molecule has 0 heterocycles. The van der Waals surface area contributed by atoms with Crippen molar-refractivity contribution >= 4 is 28.2 Å². The standard InChI is InChI=1S/C17H12N2S/c18-11-14-10-16(7-8-17(14)19)20-15-6-5-12-3-1-2-4-13(12)9-15/h1-10H,19H2. The van der Waals surface area contributed by atoms with E-state index in [2.05, 4.69) is 36.4 Å². The lowest BCUT2D eigenvalue weighted by Gasteiger charge is -2.05. The molecule has 2 nitrogen and oxygen atoms in total. The first kappa shape index (κ1) is 12.6. The van der Waals surface area contributed by atoms with Gasteiger partial charge in [-0.3, -0.25) is 0 Å². The van der Waals surface area contributed by atoms with Gasteiger partial charge in [0.25, 0.3) is 0 Å². The van der Waals surface area contributed by atoms with Crippen molar-refractivity contribution in [3.8, 4) is 6.07 Å².